The summed E-state index contributed by atoms with van der Waals surface area (Å²) in [6.07, 6.45) is 5.42. The number of hydrogen-bond donors (Lipinski definition) is 1. The first-order valence-electron chi connectivity index (χ1n) is 8.30. The lowest BCUT2D eigenvalue weighted by atomic mass is 9.67. The molecule has 1 fully saturated rings. The second-order valence-corrected chi connectivity index (χ2v) is 7.56. The van der Waals surface area contributed by atoms with Gasteiger partial charge in [-0.2, -0.15) is 0 Å². The van der Waals surface area contributed by atoms with E-state index in [9.17, 15) is 0 Å². The van der Waals surface area contributed by atoms with Gasteiger partial charge in [0.1, 0.15) is 0 Å². The molecule has 0 aromatic carbocycles. The third-order valence-electron chi connectivity index (χ3n) is 4.83. The largest absolute Gasteiger partial charge is 0.314 e. The number of rotatable bonds is 6. The van der Waals surface area contributed by atoms with Gasteiger partial charge in [-0.3, -0.25) is 0 Å². The minimum Gasteiger partial charge on any atom is -0.314 e. The molecule has 1 rings (SSSR count). The highest BCUT2D eigenvalue weighted by molar-refractivity contribution is 4.89. The zero-order chi connectivity index (χ0) is 14.5. The lowest BCUT2D eigenvalue weighted by Crippen LogP contribution is -2.47. The minimum absolute atomic E-state index is 0.471. The quantitative estimate of drug-likeness (QED) is 0.789. The Bertz CT molecular complexity index is 244. The van der Waals surface area contributed by atoms with Crippen LogP contribution < -0.4 is 5.32 Å². The first kappa shape index (κ1) is 17.0. The molecule has 3 atom stereocenters. The lowest BCUT2D eigenvalue weighted by Gasteiger charge is -2.43. The van der Waals surface area contributed by atoms with Crippen LogP contribution in [0.15, 0.2) is 0 Å². The summed E-state index contributed by atoms with van der Waals surface area (Å²) in [7, 11) is 2.28. The molecule has 1 N–H and O–H groups in total. The highest BCUT2D eigenvalue weighted by atomic mass is 15.1. The van der Waals surface area contributed by atoms with Crippen LogP contribution in [0.25, 0.3) is 0 Å². The van der Waals surface area contributed by atoms with Gasteiger partial charge in [0.15, 0.2) is 0 Å². The topological polar surface area (TPSA) is 15.3 Å². The van der Waals surface area contributed by atoms with Crippen molar-refractivity contribution >= 4 is 0 Å². The average Bonchev–Trinajstić information content (AvgIpc) is 2.30. The second kappa shape index (κ2) is 7.64. The fraction of sp³-hybridized carbons (Fsp3) is 1.00. The predicted molar refractivity (Wildman–Crippen MR) is 85.5 cm³/mol. The second-order valence-electron chi connectivity index (χ2n) is 7.56. The molecule has 3 unspecified atom stereocenters. The van der Waals surface area contributed by atoms with E-state index in [0.717, 1.165) is 24.4 Å². The molecule has 2 heteroatoms. The molecule has 1 aliphatic carbocycles. The molecule has 114 valence electrons. The average molecular weight is 268 g/mol. The summed E-state index contributed by atoms with van der Waals surface area (Å²) < 4.78 is 0. The SMILES string of the molecule is CCCN(C)CC1CC(C(C)(C)C)CCC1NCC. The predicted octanol–water partition coefficient (Wildman–Crippen LogP) is 3.77. The summed E-state index contributed by atoms with van der Waals surface area (Å²) in [5.74, 6) is 1.72. The first-order valence-corrected chi connectivity index (χ1v) is 8.30. The Morgan fingerprint density at radius 3 is 2.37 bits per heavy atom. The molecule has 19 heavy (non-hydrogen) atoms. The third kappa shape index (κ3) is 5.43. The maximum atomic E-state index is 3.73. The van der Waals surface area contributed by atoms with Gasteiger partial charge in [-0.25, -0.2) is 0 Å². The van der Waals surface area contributed by atoms with Gasteiger partial charge in [-0.15, -0.1) is 0 Å². The molecule has 0 bridgehead atoms. The van der Waals surface area contributed by atoms with Gasteiger partial charge in [-0.05, 0) is 63.1 Å². The van der Waals surface area contributed by atoms with Crippen molar-refractivity contribution in [3.05, 3.63) is 0 Å². The van der Waals surface area contributed by atoms with Crippen molar-refractivity contribution in [1.29, 1.82) is 0 Å². The molecular weight excluding hydrogens is 232 g/mol. The third-order valence-corrected chi connectivity index (χ3v) is 4.83. The monoisotopic (exact) mass is 268 g/mol. The summed E-state index contributed by atoms with van der Waals surface area (Å²) in [5.41, 5.74) is 0.471. The van der Waals surface area contributed by atoms with Crippen molar-refractivity contribution in [1.82, 2.24) is 10.2 Å². The molecule has 0 aliphatic heterocycles. The van der Waals surface area contributed by atoms with Crippen LogP contribution in [-0.2, 0) is 0 Å². The fourth-order valence-corrected chi connectivity index (χ4v) is 3.66. The molecule has 0 aromatic heterocycles. The summed E-state index contributed by atoms with van der Waals surface area (Å²) >= 11 is 0. The van der Waals surface area contributed by atoms with Crippen LogP contribution >= 0.6 is 0 Å². The van der Waals surface area contributed by atoms with E-state index in [4.69, 9.17) is 0 Å². The summed E-state index contributed by atoms with van der Waals surface area (Å²) in [4.78, 5) is 2.53. The molecule has 0 aromatic rings. The van der Waals surface area contributed by atoms with E-state index in [2.05, 4.69) is 51.9 Å². The normalized spacial score (nSPS) is 28.9. The van der Waals surface area contributed by atoms with E-state index >= 15 is 0 Å². The van der Waals surface area contributed by atoms with Crippen molar-refractivity contribution in [2.45, 2.75) is 66.3 Å². The van der Waals surface area contributed by atoms with Gasteiger partial charge in [-0.1, -0.05) is 34.6 Å². The maximum absolute atomic E-state index is 3.73. The molecule has 2 nitrogen and oxygen atoms in total. The maximum Gasteiger partial charge on any atom is 0.0108 e. The Labute approximate surface area is 121 Å². The van der Waals surface area contributed by atoms with Crippen molar-refractivity contribution in [3.63, 3.8) is 0 Å². The van der Waals surface area contributed by atoms with E-state index in [0.29, 0.717) is 5.41 Å². The van der Waals surface area contributed by atoms with Crippen LogP contribution in [0.1, 0.15) is 60.3 Å². The van der Waals surface area contributed by atoms with Crippen molar-refractivity contribution < 1.29 is 0 Å². The highest BCUT2D eigenvalue weighted by Gasteiger charge is 2.35. The van der Waals surface area contributed by atoms with Crippen LogP contribution in [0.4, 0.5) is 0 Å². The van der Waals surface area contributed by atoms with Gasteiger partial charge in [0.2, 0.25) is 0 Å². The number of hydrogen-bond acceptors (Lipinski definition) is 2. The summed E-state index contributed by atoms with van der Waals surface area (Å²) in [5, 5.41) is 3.73. The molecule has 0 amide bonds. The van der Waals surface area contributed by atoms with Crippen LogP contribution in [0.2, 0.25) is 0 Å². The van der Waals surface area contributed by atoms with Crippen LogP contribution in [-0.4, -0.2) is 37.6 Å². The molecule has 1 aliphatic rings. The first-order chi connectivity index (χ1) is 8.88. The van der Waals surface area contributed by atoms with Gasteiger partial charge in [0.25, 0.3) is 0 Å². The highest BCUT2D eigenvalue weighted by Crippen LogP contribution is 2.40. The van der Waals surface area contributed by atoms with Crippen LogP contribution in [0.5, 0.6) is 0 Å². The van der Waals surface area contributed by atoms with E-state index in [-0.39, 0.29) is 0 Å². The Morgan fingerprint density at radius 1 is 1.16 bits per heavy atom. The van der Waals surface area contributed by atoms with Gasteiger partial charge in [0.05, 0.1) is 0 Å². The van der Waals surface area contributed by atoms with Gasteiger partial charge < -0.3 is 10.2 Å². The standard InChI is InChI=1S/C17H36N2/c1-7-11-19(6)13-14-12-15(17(3,4)5)9-10-16(14)18-8-2/h14-16,18H,7-13H2,1-6H3. The molecule has 0 heterocycles. The van der Waals surface area contributed by atoms with Crippen LogP contribution in [0.3, 0.4) is 0 Å². The molecule has 0 spiro atoms. The Morgan fingerprint density at radius 2 is 1.84 bits per heavy atom. The van der Waals surface area contributed by atoms with Crippen molar-refractivity contribution in [3.8, 4) is 0 Å². The number of nitrogens with one attached hydrogen (secondary N) is 1. The number of nitrogens with zero attached hydrogens (tertiary/aromatic N) is 1. The van der Waals surface area contributed by atoms with E-state index in [1.165, 1.54) is 38.8 Å². The van der Waals surface area contributed by atoms with Crippen LogP contribution in [0, 0.1) is 17.3 Å². The zero-order valence-electron chi connectivity index (χ0n) is 14.1. The Hall–Kier alpha value is -0.0800. The Balaban J connectivity index is 2.62. The Kier molecular flexibility index (Phi) is 6.82. The lowest BCUT2D eigenvalue weighted by molar-refractivity contribution is 0.0940. The van der Waals surface area contributed by atoms with E-state index in [1.807, 2.05) is 0 Å². The molecule has 0 saturated heterocycles. The smallest absolute Gasteiger partial charge is 0.0108 e. The van der Waals surface area contributed by atoms with E-state index in [1.54, 1.807) is 0 Å². The molecule has 1 saturated carbocycles. The van der Waals surface area contributed by atoms with Crippen molar-refractivity contribution in [2.75, 3.05) is 26.7 Å². The molecular formula is C17H36N2. The van der Waals surface area contributed by atoms with Gasteiger partial charge in [0, 0.05) is 12.6 Å². The zero-order valence-corrected chi connectivity index (χ0v) is 14.1. The van der Waals surface area contributed by atoms with Crippen molar-refractivity contribution in [2.24, 2.45) is 17.3 Å². The summed E-state index contributed by atoms with van der Waals surface area (Å²) in [6, 6.07) is 0.739. The van der Waals surface area contributed by atoms with Gasteiger partial charge >= 0.3 is 0 Å². The summed E-state index contributed by atoms with van der Waals surface area (Å²) in [6.45, 7) is 15.4. The fourth-order valence-electron chi connectivity index (χ4n) is 3.66. The minimum atomic E-state index is 0.471. The molecule has 0 radical (unpaired) electrons. The van der Waals surface area contributed by atoms with E-state index < -0.39 is 0 Å².